The van der Waals surface area contributed by atoms with Crippen LogP contribution in [0.15, 0.2) is 23.8 Å². The van der Waals surface area contributed by atoms with Crippen molar-refractivity contribution < 1.29 is 9.13 Å². The van der Waals surface area contributed by atoms with Crippen LogP contribution < -0.4 is 4.74 Å². The first kappa shape index (κ1) is 16.5. The van der Waals surface area contributed by atoms with Gasteiger partial charge in [0.05, 0.1) is 0 Å². The highest BCUT2D eigenvalue weighted by atomic mass is 19.1. The summed E-state index contributed by atoms with van der Waals surface area (Å²) < 4.78 is 21.2. The number of aryl methyl sites for hydroxylation is 1. The first-order valence-electron chi connectivity index (χ1n) is 9.11. The van der Waals surface area contributed by atoms with Gasteiger partial charge in [0.25, 0.3) is 0 Å². The van der Waals surface area contributed by atoms with Crippen LogP contribution >= 0.6 is 0 Å². The number of fused-ring (bicyclic) bond motifs is 3. The third-order valence-corrected chi connectivity index (χ3v) is 5.57. The number of benzene rings is 1. The molecule has 0 saturated heterocycles. The van der Waals surface area contributed by atoms with Gasteiger partial charge >= 0.3 is 0 Å². The van der Waals surface area contributed by atoms with Gasteiger partial charge in [-0.3, -0.25) is 0 Å². The molecule has 0 saturated carbocycles. The molecule has 0 spiro atoms. The van der Waals surface area contributed by atoms with Crippen molar-refractivity contribution in [3.63, 3.8) is 0 Å². The molecule has 2 atom stereocenters. The summed E-state index contributed by atoms with van der Waals surface area (Å²) in [6, 6.07) is 3.83. The van der Waals surface area contributed by atoms with E-state index >= 15 is 0 Å². The molecule has 1 aromatic carbocycles. The fourth-order valence-electron chi connectivity index (χ4n) is 4.27. The SMILES string of the molecule is CCCCCc1cc(F)c2c(c1)OC(C)(C)C1CCC(C)=C[C@@H]21. The van der Waals surface area contributed by atoms with Gasteiger partial charge in [-0.25, -0.2) is 4.39 Å². The van der Waals surface area contributed by atoms with Crippen LogP contribution in [0.25, 0.3) is 0 Å². The second-order valence-electron chi connectivity index (χ2n) is 7.84. The quantitative estimate of drug-likeness (QED) is 0.477. The largest absolute Gasteiger partial charge is 0.487 e. The van der Waals surface area contributed by atoms with E-state index in [0.717, 1.165) is 42.6 Å². The monoisotopic (exact) mass is 316 g/mol. The van der Waals surface area contributed by atoms with E-state index in [9.17, 15) is 4.39 Å². The molecule has 23 heavy (non-hydrogen) atoms. The summed E-state index contributed by atoms with van der Waals surface area (Å²) in [6.45, 7) is 8.67. The molecule has 1 aliphatic carbocycles. The summed E-state index contributed by atoms with van der Waals surface area (Å²) in [6.07, 6.45) is 8.88. The van der Waals surface area contributed by atoms with Crippen LogP contribution in [0.2, 0.25) is 0 Å². The van der Waals surface area contributed by atoms with E-state index < -0.39 is 0 Å². The Morgan fingerprint density at radius 1 is 1.26 bits per heavy atom. The number of unbranched alkanes of at least 4 members (excludes halogenated alkanes) is 2. The highest BCUT2D eigenvalue weighted by Gasteiger charge is 2.45. The van der Waals surface area contributed by atoms with Gasteiger partial charge < -0.3 is 4.74 Å². The molecule has 1 unspecified atom stereocenters. The van der Waals surface area contributed by atoms with Crippen molar-refractivity contribution in [2.24, 2.45) is 5.92 Å². The Balaban J connectivity index is 1.99. The van der Waals surface area contributed by atoms with E-state index in [0.29, 0.717) is 5.92 Å². The van der Waals surface area contributed by atoms with Crippen LogP contribution in [0.4, 0.5) is 4.39 Å². The fraction of sp³-hybridized carbons (Fsp3) is 0.619. The van der Waals surface area contributed by atoms with E-state index in [1.807, 2.05) is 0 Å². The lowest BCUT2D eigenvalue weighted by Crippen LogP contribution is -2.45. The summed E-state index contributed by atoms with van der Waals surface area (Å²) in [5, 5.41) is 0. The zero-order valence-electron chi connectivity index (χ0n) is 14.9. The van der Waals surface area contributed by atoms with Crippen molar-refractivity contribution in [1.82, 2.24) is 0 Å². The lowest BCUT2D eigenvalue weighted by atomic mass is 9.68. The molecule has 2 aliphatic rings. The summed E-state index contributed by atoms with van der Waals surface area (Å²) in [7, 11) is 0. The summed E-state index contributed by atoms with van der Waals surface area (Å²) in [4.78, 5) is 0. The van der Waals surface area contributed by atoms with Crippen LogP contribution in [-0.4, -0.2) is 5.60 Å². The topological polar surface area (TPSA) is 9.23 Å². The first-order valence-corrected chi connectivity index (χ1v) is 9.11. The second kappa shape index (κ2) is 6.30. The van der Waals surface area contributed by atoms with Crippen LogP contribution in [-0.2, 0) is 6.42 Å². The zero-order valence-corrected chi connectivity index (χ0v) is 14.9. The summed E-state index contributed by atoms with van der Waals surface area (Å²) >= 11 is 0. The van der Waals surface area contributed by atoms with Gasteiger partial charge in [-0.1, -0.05) is 31.4 Å². The number of rotatable bonds is 4. The molecule has 1 aromatic rings. The highest BCUT2D eigenvalue weighted by molar-refractivity contribution is 5.47. The smallest absolute Gasteiger partial charge is 0.130 e. The molecule has 1 heterocycles. The average molecular weight is 316 g/mol. The minimum absolute atomic E-state index is 0.0783. The molecule has 1 nitrogen and oxygen atoms in total. The van der Waals surface area contributed by atoms with E-state index in [-0.39, 0.29) is 17.3 Å². The maximum atomic E-state index is 14.9. The fourth-order valence-corrected chi connectivity index (χ4v) is 4.27. The van der Waals surface area contributed by atoms with Gasteiger partial charge in [0, 0.05) is 17.4 Å². The van der Waals surface area contributed by atoms with E-state index in [1.165, 1.54) is 18.4 Å². The van der Waals surface area contributed by atoms with Crippen LogP contribution in [0.3, 0.4) is 0 Å². The first-order chi connectivity index (χ1) is 10.9. The van der Waals surface area contributed by atoms with Crippen molar-refractivity contribution in [3.8, 4) is 5.75 Å². The minimum Gasteiger partial charge on any atom is -0.487 e. The Labute approximate surface area is 139 Å². The summed E-state index contributed by atoms with van der Waals surface area (Å²) in [5.74, 6) is 1.21. The Morgan fingerprint density at radius 3 is 2.78 bits per heavy atom. The molecule has 0 N–H and O–H groups in total. The molecule has 2 heteroatoms. The van der Waals surface area contributed by atoms with Crippen LogP contribution in [0.5, 0.6) is 5.75 Å². The molecule has 0 fully saturated rings. The normalized spacial score (nSPS) is 25.2. The standard InChI is InChI=1S/C21H29FO/c1-5-6-7-8-15-12-18(22)20-16-11-14(2)9-10-17(16)21(3,4)23-19(20)13-15/h11-13,16-17H,5-10H2,1-4H3/t16-,17?/m1/s1. The predicted octanol–water partition coefficient (Wildman–Crippen LogP) is 6.17. The third-order valence-electron chi connectivity index (χ3n) is 5.57. The van der Waals surface area contributed by atoms with Gasteiger partial charge in [-0.05, 0) is 64.2 Å². The lowest BCUT2D eigenvalue weighted by molar-refractivity contribution is 0.0102. The van der Waals surface area contributed by atoms with Gasteiger partial charge in [0.2, 0.25) is 0 Å². The number of halogens is 1. The van der Waals surface area contributed by atoms with Crippen LogP contribution in [0, 0.1) is 11.7 Å². The second-order valence-corrected chi connectivity index (χ2v) is 7.84. The van der Waals surface area contributed by atoms with Crippen molar-refractivity contribution in [3.05, 3.63) is 40.7 Å². The van der Waals surface area contributed by atoms with E-state index in [2.05, 4.69) is 39.8 Å². The maximum absolute atomic E-state index is 14.9. The van der Waals surface area contributed by atoms with Crippen molar-refractivity contribution in [1.29, 1.82) is 0 Å². The van der Waals surface area contributed by atoms with Gasteiger partial charge in [0.15, 0.2) is 0 Å². The lowest BCUT2D eigenvalue weighted by Gasteiger charge is -2.46. The summed E-state index contributed by atoms with van der Waals surface area (Å²) in [5.41, 5.74) is 3.00. The van der Waals surface area contributed by atoms with Gasteiger partial charge in [-0.15, -0.1) is 0 Å². The zero-order chi connectivity index (χ0) is 16.6. The van der Waals surface area contributed by atoms with Crippen molar-refractivity contribution in [2.75, 3.05) is 0 Å². The molecular formula is C21H29FO. The Morgan fingerprint density at radius 2 is 2.04 bits per heavy atom. The Hall–Kier alpha value is -1.31. The van der Waals surface area contributed by atoms with Crippen molar-refractivity contribution in [2.45, 2.75) is 77.7 Å². The maximum Gasteiger partial charge on any atom is 0.130 e. The molecule has 0 bridgehead atoms. The number of hydrogen-bond acceptors (Lipinski definition) is 1. The minimum atomic E-state index is -0.233. The number of allylic oxidation sites excluding steroid dienone is 2. The number of hydrogen-bond donors (Lipinski definition) is 0. The van der Waals surface area contributed by atoms with E-state index in [1.54, 1.807) is 6.07 Å². The predicted molar refractivity (Wildman–Crippen MR) is 93.6 cm³/mol. The third kappa shape index (κ3) is 3.18. The molecule has 0 aromatic heterocycles. The molecule has 0 amide bonds. The molecule has 3 rings (SSSR count). The molecule has 1 aliphatic heterocycles. The van der Waals surface area contributed by atoms with Crippen molar-refractivity contribution >= 4 is 0 Å². The highest BCUT2D eigenvalue weighted by Crippen LogP contribution is 2.51. The Bertz CT molecular complexity index is 615. The Kier molecular flexibility index (Phi) is 4.53. The average Bonchev–Trinajstić information content (AvgIpc) is 2.46. The van der Waals surface area contributed by atoms with Gasteiger partial charge in [-0.2, -0.15) is 0 Å². The van der Waals surface area contributed by atoms with Crippen LogP contribution in [0.1, 0.15) is 76.8 Å². The molecular weight excluding hydrogens is 287 g/mol. The van der Waals surface area contributed by atoms with E-state index in [4.69, 9.17) is 4.74 Å². The molecule has 0 radical (unpaired) electrons. The number of ether oxygens (including phenoxy) is 1. The van der Waals surface area contributed by atoms with Gasteiger partial charge in [0.1, 0.15) is 17.2 Å². The molecule has 126 valence electrons.